The molecule has 21 heavy (non-hydrogen) atoms. The largest absolute Gasteiger partial charge is 0.305 e. The zero-order valence-electron chi connectivity index (χ0n) is 11.6. The second-order valence-corrected chi connectivity index (χ2v) is 6.88. The standard InChI is InChI=1S/C17H15Cl2NS/c1-11(12-6-2-4-8-14(12)18)20-10-16-17(19)13-7-3-5-9-15(13)21-16/h2-9,11,20H,10H2,1H3/t11-/m0/s1. The van der Waals surface area contributed by atoms with Gasteiger partial charge in [0.2, 0.25) is 0 Å². The highest BCUT2D eigenvalue weighted by atomic mass is 35.5. The van der Waals surface area contributed by atoms with Crippen molar-refractivity contribution >= 4 is 44.6 Å². The van der Waals surface area contributed by atoms with Gasteiger partial charge in [0.05, 0.1) is 5.02 Å². The smallest absolute Gasteiger partial charge is 0.0636 e. The molecule has 0 radical (unpaired) electrons. The van der Waals surface area contributed by atoms with Crippen LogP contribution in [0.1, 0.15) is 23.4 Å². The van der Waals surface area contributed by atoms with E-state index in [0.717, 1.165) is 32.4 Å². The third-order valence-corrected chi connectivity index (χ3v) is 5.60. The van der Waals surface area contributed by atoms with Crippen molar-refractivity contribution in [2.75, 3.05) is 0 Å². The monoisotopic (exact) mass is 335 g/mol. The molecule has 108 valence electrons. The number of hydrogen-bond donors (Lipinski definition) is 1. The van der Waals surface area contributed by atoms with E-state index in [9.17, 15) is 0 Å². The molecule has 1 heterocycles. The number of nitrogens with one attached hydrogen (secondary N) is 1. The third-order valence-electron chi connectivity index (χ3n) is 3.54. The Hall–Kier alpha value is -1.06. The number of thiophene rings is 1. The summed E-state index contributed by atoms with van der Waals surface area (Å²) in [7, 11) is 0. The van der Waals surface area contributed by atoms with Gasteiger partial charge in [-0.25, -0.2) is 0 Å². The maximum absolute atomic E-state index is 6.46. The lowest BCUT2D eigenvalue weighted by Gasteiger charge is -2.15. The summed E-state index contributed by atoms with van der Waals surface area (Å²) in [5.41, 5.74) is 1.11. The van der Waals surface area contributed by atoms with Crippen LogP contribution in [0, 0.1) is 0 Å². The first-order valence-electron chi connectivity index (χ1n) is 6.80. The molecule has 1 aromatic heterocycles. The first kappa shape index (κ1) is 14.9. The lowest BCUT2D eigenvalue weighted by atomic mass is 10.1. The van der Waals surface area contributed by atoms with E-state index in [4.69, 9.17) is 23.2 Å². The molecule has 0 saturated heterocycles. The molecule has 1 nitrogen and oxygen atoms in total. The first-order chi connectivity index (χ1) is 10.2. The summed E-state index contributed by atoms with van der Waals surface area (Å²) in [5, 5.41) is 6.28. The first-order valence-corrected chi connectivity index (χ1v) is 8.38. The van der Waals surface area contributed by atoms with Crippen LogP contribution in [0.4, 0.5) is 0 Å². The molecule has 3 rings (SSSR count). The van der Waals surface area contributed by atoms with Gasteiger partial charge in [-0.05, 0) is 24.6 Å². The fraction of sp³-hybridized carbons (Fsp3) is 0.176. The van der Waals surface area contributed by atoms with Crippen molar-refractivity contribution in [3.63, 3.8) is 0 Å². The second kappa shape index (κ2) is 6.37. The van der Waals surface area contributed by atoms with Gasteiger partial charge in [-0.2, -0.15) is 0 Å². The SMILES string of the molecule is C[C@H](NCc1sc2ccccc2c1Cl)c1ccccc1Cl. The minimum Gasteiger partial charge on any atom is -0.305 e. The van der Waals surface area contributed by atoms with Gasteiger partial charge in [-0.1, -0.05) is 59.6 Å². The quantitative estimate of drug-likeness (QED) is 0.611. The van der Waals surface area contributed by atoms with Gasteiger partial charge in [0, 0.05) is 32.6 Å². The fourth-order valence-corrected chi connectivity index (χ4v) is 4.11. The molecule has 0 aliphatic rings. The van der Waals surface area contributed by atoms with E-state index in [0.29, 0.717) is 0 Å². The van der Waals surface area contributed by atoms with Crippen molar-refractivity contribution in [1.29, 1.82) is 0 Å². The molecule has 0 saturated carbocycles. The van der Waals surface area contributed by atoms with Gasteiger partial charge in [-0.15, -0.1) is 11.3 Å². The Morgan fingerprint density at radius 3 is 2.52 bits per heavy atom. The molecule has 0 aliphatic carbocycles. The van der Waals surface area contributed by atoms with Crippen molar-refractivity contribution in [3.8, 4) is 0 Å². The predicted molar refractivity (Wildman–Crippen MR) is 93.5 cm³/mol. The van der Waals surface area contributed by atoms with Crippen molar-refractivity contribution in [3.05, 3.63) is 69.0 Å². The van der Waals surface area contributed by atoms with E-state index in [2.05, 4.69) is 24.4 Å². The number of hydrogen-bond acceptors (Lipinski definition) is 2. The number of rotatable bonds is 4. The summed E-state index contributed by atoms with van der Waals surface area (Å²) < 4.78 is 1.23. The molecule has 1 atom stereocenters. The molecule has 3 aromatic rings. The molecule has 0 amide bonds. The number of halogens is 2. The minimum atomic E-state index is 0.181. The molecular formula is C17H15Cl2NS. The summed E-state index contributed by atoms with van der Waals surface area (Å²) in [6.07, 6.45) is 0. The maximum atomic E-state index is 6.46. The highest BCUT2D eigenvalue weighted by Gasteiger charge is 2.12. The van der Waals surface area contributed by atoms with Crippen LogP contribution in [-0.2, 0) is 6.54 Å². The van der Waals surface area contributed by atoms with Crippen molar-refractivity contribution < 1.29 is 0 Å². The van der Waals surface area contributed by atoms with Gasteiger partial charge in [0.15, 0.2) is 0 Å². The number of benzene rings is 2. The molecule has 0 unspecified atom stereocenters. The fourth-order valence-electron chi connectivity index (χ4n) is 2.36. The minimum absolute atomic E-state index is 0.181. The Morgan fingerprint density at radius 1 is 1.05 bits per heavy atom. The van der Waals surface area contributed by atoms with Crippen LogP contribution in [0.5, 0.6) is 0 Å². The van der Waals surface area contributed by atoms with Crippen molar-refractivity contribution in [2.45, 2.75) is 19.5 Å². The Morgan fingerprint density at radius 2 is 1.76 bits per heavy atom. The summed E-state index contributed by atoms with van der Waals surface area (Å²) in [6, 6.07) is 16.3. The predicted octanol–water partition coefficient (Wildman–Crippen LogP) is 6.06. The number of fused-ring (bicyclic) bond motifs is 1. The van der Waals surface area contributed by atoms with Gasteiger partial charge >= 0.3 is 0 Å². The van der Waals surface area contributed by atoms with Crippen molar-refractivity contribution in [1.82, 2.24) is 5.32 Å². The van der Waals surface area contributed by atoms with Crippen LogP contribution in [-0.4, -0.2) is 0 Å². The summed E-state index contributed by atoms with van der Waals surface area (Å²) >= 11 is 14.4. The summed E-state index contributed by atoms with van der Waals surface area (Å²) in [4.78, 5) is 1.16. The third kappa shape index (κ3) is 3.09. The normalized spacial score (nSPS) is 12.7. The van der Waals surface area contributed by atoms with Gasteiger partial charge in [-0.3, -0.25) is 0 Å². The second-order valence-electron chi connectivity index (χ2n) is 4.96. The average molecular weight is 336 g/mol. The Bertz CT molecular complexity index is 766. The van der Waals surface area contributed by atoms with Crippen molar-refractivity contribution in [2.24, 2.45) is 0 Å². The Labute approximate surface area is 138 Å². The topological polar surface area (TPSA) is 12.0 Å². The zero-order valence-corrected chi connectivity index (χ0v) is 13.9. The lowest BCUT2D eigenvalue weighted by Crippen LogP contribution is -2.17. The van der Waals surface area contributed by atoms with E-state index in [-0.39, 0.29) is 6.04 Å². The van der Waals surface area contributed by atoms with Crippen LogP contribution >= 0.6 is 34.5 Å². The van der Waals surface area contributed by atoms with Crippen LogP contribution < -0.4 is 5.32 Å². The molecule has 4 heteroatoms. The maximum Gasteiger partial charge on any atom is 0.0636 e. The van der Waals surface area contributed by atoms with Crippen LogP contribution in [0.25, 0.3) is 10.1 Å². The Kier molecular flexibility index (Phi) is 4.51. The Balaban J connectivity index is 1.77. The lowest BCUT2D eigenvalue weighted by molar-refractivity contribution is 0.579. The van der Waals surface area contributed by atoms with Crippen LogP contribution in [0.2, 0.25) is 10.0 Å². The summed E-state index contributed by atoms with van der Waals surface area (Å²) in [5.74, 6) is 0. The average Bonchev–Trinajstić information content (AvgIpc) is 2.82. The highest BCUT2D eigenvalue weighted by Crippen LogP contribution is 2.35. The van der Waals surface area contributed by atoms with E-state index < -0.39 is 0 Å². The molecule has 0 fully saturated rings. The van der Waals surface area contributed by atoms with E-state index in [1.807, 2.05) is 36.4 Å². The molecule has 2 aromatic carbocycles. The molecule has 0 aliphatic heterocycles. The van der Waals surface area contributed by atoms with E-state index >= 15 is 0 Å². The molecule has 0 bridgehead atoms. The van der Waals surface area contributed by atoms with Crippen LogP contribution in [0.3, 0.4) is 0 Å². The summed E-state index contributed by atoms with van der Waals surface area (Å²) in [6.45, 7) is 2.85. The van der Waals surface area contributed by atoms with E-state index in [1.54, 1.807) is 11.3 Å². The van der Waals surface area contributed by atoms with Gasteiger partial charge in [0.25, 0.3) is 0 Å². The molecule has 1 N–H and O–H groups in total. The van der Waals surface area contributed by atoms with Gasteiger partial charge in [0.1, 0.15) is 0 Å². The van der Waals surface area contributed by atoms with E-state index in [1.165, 1.54) is 4.70 Å². The zero-order chi connectivity index (χ0) is 14.8. The molecular weight excluding hydrogens is 321 g/mol. The molecule has 0 spiro atoms. The highest BCUT2D eigenvalue weighted by molar-refractivity contribution is 7.19. The van der Waals surface area contributed by atoms with Gasteiger partial charge < -0.3 is 5.32 Å². The van der Waals surface area contributed by atoms with Crippen LogP contribution in [0.15, 0.2) is 48.5 Å².